The van der Waals surface area contributed by atoms with Crippen LogP contribution in [0.1, 0.15) is 44.6 Å². The summed E-state index contributed by atoms with van der Waals surface area (Å²) in [6, 6.07) is 13.6. The number of hydrogen-bond donors (Lipinski definition) is 2. The van der Waals surface area contributed by atoms with Crippen LogP contribution in [0, 0.1) is 0 Å². The van der Waals surface area contributed by atoms with Gasteiger partial charge in [-0.1, -0.05) is 38.1 Å². The summed E-state index contributed by atoms with van der Waals surface area (Å²) in [6.45, 7) is 5.66. The monoisotopic (exact) mass is 401 g/mol. The molecule has 0 spiro atoms. The van der Waals surface area contributed by atoms with Gasteiger partial charge >= 0.3 is 6.03 Å². The van der Waals surface area contributed by atoms with Crippen molar-refractivity contribution in [2.24, 2.45) is 0 Å². The first-order valence-electron chi connectivity index (χ1n) is 9.68. The molecule has 0 radical (unpaired) electrons. The average Bonchev–Trinajstić information content (AvgIpc) is 3.24. The maximum Gasteiger partial charge on any atom is 0.321 e. The van der Waals surface area contributed by atoms with Gasteiger partial charge in [-0.05, 0) is 55.0 Å². The third-order valence-corrected chi connectivity index (χ3v) is 6.56. The SMILES string of the molecule is CCC(C)c1ccc(S(=O)(=O)Nc2ccccc2NC(=O)N2CCCC2)cc1. The molecule has 2 aromatic carbocycles. The average molecular weight is 402 g/mol. The lowest BCUT2D eigenvalue weighted by Crippen LogP contribution is -2.32. The van der Waals surface area contributed by atoms with Crippen LogP contribution in [0.3, 0.4) is 0 Å². The summed E-state index contributed by atoms with van der Waals surface area (Å²) in [7, 11) is -3.75. The second kappa shape index (κ2) is 8.65. The third-order valence-electron chi connectivity index (χ3n) is 5.18. The second-order valence-corrected chi connectivity index (χ2v) is 8.84. The van der Waals surface area contributed by atoms with Crippen molar-refractivity contribution in [3.63, 3.8) is 0 Å². The molecule has 1 aliphatic rings. The standard InChI is InChI=1S/C21H27N3O3S/c1-3-16(2)17-10-12-18(13-11-17)28(26,27)23-20-9-5-4-8-19(20)22-21(25)24-14-6-7-15-24/h4-5,8-13,16,23H,3,6-7,14-15H2,1-2H3,(H,22,25). The minimum atomic E-state index is -3.75. The van der Waals surface area contributed by atoms with Crippen LogP contribution < -0.4 is 10.0 Å². The summed E-state index contributed by atoms with van der Waals surface area (Å²) in [6.07, 6.45) is 2.98. The number of urea groups is 1. The number of benzene rings is 2. The highest BCUT2D eigenvalue weighted by atomic mass is 32.2. The van der Waals surface area contributed by atoms with Gasteiger partial charge in [0.25, 0.3) is 10.0 Å². The number of rotatable bonds is 6. The van der Waals surface area contributed by atoms with E-state index in [0.717, 1.165) is 37.9 Å². The fourth-order valence-corrected chi connectivity index (χ4v) is 4.29. The molecule has 7 heteroatoms. The van der Waals surface area contributed by atoms with Gasteiger partial charge in [-0.2, -0.15) is 0 Å². The molecule has 0 saturated carbocycles. The van der Waals surface area contributed by atoms with Crippen molar-refractivity contribution in [2.45, 2.75) is 43.9 Å². The zero-order chi connectivity index (χ0) is 20.1. The van der Waals surface area contributed by atoms with E-state index >= 15 is 0 Å². The normalized spacial score (nSPS) is 15.3. The van der Waals surface area contributed by atoms with Crippen LogP contribution in [-0.2, 0) is 10.0 Å². The Hall–Kier alpha value is -2.54. The molecule has 150 valence electrons. The third kappa shape index (κ3) is 4.65. The first-order valence-corrected chi connectivity index (χ1v) is 11.2. The largest absolute Gasteiger partial charge is 0.325 e. The van der Waals surface area contributed by atoms with E-state index in [9.17, 15) is 13.2 Å². The van der Waals surface area contributed by atoms with Crippen molar-refractivity contribution in [3.8, 4) is 0 Å². The van der Waals surface area contributed by atoms with Gasteiger partial charge in [0, 0.05) is 13.1 Å². The van der Waals surface area contributed by atoms with Gasteiger partial charge in [-0.15, -0.1) is 0 Å². The van der Waals surface area contributed by atoms with Crippen LogP contribution in [0.25, 0.3) is 0 Å². The molecule has 1 atom stereocenters. The van der Waals surface area contributed by atoms with Crippen molar-refractivity contribution in [1.29, 1.82) is 0 Å². The number of para-hydroxylation sites is 2. The number of amides is 2. The van der Waals surface area contributed by atoms with Crippen LogP contribution in [-0.4, -0.2) is 32.4 Å². The molecule has 1 saturated heterocycles. The van der Waals surface area contributed by atoms with Gasteiger partial charge in [-0.25, -0.2) is 13.2 Å². The van der Waals surface area contributed by atoms with Gasteiger partial charge in [0.2, 0.25) is 0 Å². The Kier molecular flexibility index (Phi) is 6.24. The minimum absolute atomic E-state index is 0.195. The number of anilines is 2. The van der Waals surface area contributed by atoms with Crippen molar-refractivity contribution in [2.75, 3.05) is 23.1 Å². The van der Waals surface area contributed by atoms with Gasteiger partial charge in [0.1, 0.15) is 0 Å². The summed E-state index contributed by atoms with van der Waals surface area (Å²) in [5, 5.41) is 2.82. The number of carbonyl (C=O) groups excluding carboxylic acids is 1. The predicted molar refractivity (Wildman–Crippen MR) is 112 cm³/mol. The summed E-state index contributed by atoms with van der Waals surface area (Å²) >= 11 is 0. The topological polar surface area (TPSA) is 78.5 Å². The second-order valence-electron chi connectivity index (χ2n) is 7.15. The van der Waals surface area contributed by atoms with E-state index < -0.39 is 10.0 Å². The molecule has 2 N–H and O–H groups in total. The van der Waals surface area contributed by atoms with Crippen molar-refractivity contribution < 1.29 is 13.2 Å². The molecule has 2 aromatic rings. The minimum Gasteiger partial charge on any atom is -0.325 e. The molecular weight excluding hydrogens is 374 g/mol. The fourth-order valence-electron chi connectivity index (χ4n) is 3.21. The Morgan fingerprint density at radius 3 is 2.25 bits per heavy atom. The maximum atomic E-state index is 12.8. The number of nitrogens with zero attached hydrogens (tertiary/aromatic N) is 1. The number of nitrogens with one attached hydrogen (secondary N) is 2. The molecule has 1 unspecified atom stereocenters. The van der Waals surface area contributed by atoms with Crippen molar-refractivity contribution in [3.05, 3.63) is 54.1 Å². The molecule has 1 aliphatic heterocycles. The number of sulfonamides is 1. The van der Waals surface area contributed by atoms with E-state index in [1.54, 1.807) is 41.3 Å². The lowest BCUT2D eigenvalue weighted by molar-refractivity contribution is 0.222. The van der Waals surface area contributed by atoms with Gasteiger partial charge in [-0.3, -0.25) is 4.72 Å². The molecule has 0 bridgehead atoms. The lowest BCUT2D eigenvalue weighted by Gasteiger charge is -2.18. The highest BCUT2D eigenvalue weighted by Crippen LogP contribution is 2.26. The summed E-state index contributed by atoms with van der Waals surface area (Å²) in [5.41, 5.74) is 1.90. The van der Waals surface area contributed by atoms with E-state index in [1.165, 1.54) is 0 Å². The van der Waals surface area contributed by atoms with Crippen molar-refractivity contribution >= 4 is 27.4 Å². The van der Waals surface area contributed by atoms with Crippen LogP contribution >= 0.6 is 0 Å². The molecule has 28 heavy (non-hydrogen) atoms. The molecule has 0 aromatic heterocycles. The van der Waals surface area contributed by atoms with Gasteiger partial charge in [0.15, 0.2) is 0 Å². The predicted octanol–water partition coefficient (Wildman–Crippen LogP) is 4.63. The molecule has 2 amide bonds. The zero-order valence-corrected chi connectivity index (χ0v) is 17.1. The Morgan fingerprint density at radius 1 is 1.04 bits per heavy atom. The zero-order valence-electron chi connectivity index (χ0n) is 16.3. The molecule has 0 aliphatic carbocycles. The Morgan fingerprint density at radius 2 is 1.64 bits per heavy atom. The summed E-state index contributed by atoms with van der Waals surface area (Å²) in [5.74, 6) is 0.381. The van der Waals surface area contributed by atoms with Crippen LogP contribution in [0.4, 0.5) is 16.2 Å². The van der Waals surface area contributed by atoms with Crippen LogP contribution in [0.15, 0.2) is 53.4 Å². The Labute approximate surface area is 167 Å². The van der Waals surface area contributed by atoms with E-state index in [-0.39, 0.29) is 10.9 Å². The molecule has 3 rings (SSSR count). The Bertz CT molecular complexity index is 920. The van der Waals surface area contributed by atoms with Gasteiger partial charge < -0.3 is 10.2 Å². The fraction of sp³-hybridized carbons (Fsp3) is 0.381. The highest BCUT2D eigenvalue weighted by molar-refractivity contribution is 7.92. The lowest BCUT2D eigenvalue weighted by atomic mass is 9.99. The van der Waals surface area contributed by atoms with E-state index in [4.69, 9.17) is 0 Å². The molecule has 1 heterocycles. The van der Waals surface area contributed by atoms with E-state index in [1.807, 2.05) is 12.1 Å². The Balaban J connectivity index is 1.77. The van der Waals surface area contributed by atoms with E-state index in [2.05, 4.69) is 23.9 Å². The number of likely N-dealkylation sites (tertiary alicyclic amines) is 1. The number of carbonyl (C=O) groups is 1. The molecule has 1 fully saturated rings. The summed E-state index contributed by atoms with van der Waals surface area (Å²) < 4.78 is 28.2. The molecule has 6 nitrogen and oxygen atoms in total. The number of hydrogen-bond acceptors (Lipinski definition) is 3. The van der Waals surface area contributed by atoms with Crippen LogP contribution in [0.2, 0.25) is 0 Å². The maximum absolute atomic E-state index is 12.8. The first-order chi connectivity index (χ1) is 13.4. The highest BCUT2D eigenvalue weighted by Gasteiger charge is 2.20. The molecular formula is C21H27N3O3S. The smallest absolute Gasteiger partial charge is 0.321 e. The van der Waals surface area contributed by atoms with E-state index in [0.29, 0.717) is 17.3 Å². The summed E-state index contributed by atoms with van der Waals surface area (Å²) in [4.78, 5) is 14.3. The van der Waals surface area contributed by atoms with Crippen LogP contribution in [0.5, 0.6) is 0 Å². The van der Waals surface area contributed by atoms with Crippen molar-refractivity contribution in [1.82, 2.24) is 4.90 Å². The first kappa shape index (κ1) is 20.2. The quantitative estimate of drug-likeness (QED) is 0.741. The van der Waals surface area contributed by atoms with Gasteiger partial charge in [0.05, 0.1) is 16.3 Å².